The second kappa shape index (κ2) is 5.50. The van der Waals surface area contributed by atoms with Crippen molar-refractivity contribution >= 4 is 9.84 Å². The summed E-state index contributed by atoms with van der Waals surface area (Å²) in [6, 6.07) is 6.59. The van der Waals surface area contributed by atoms with Crippen LogP contribution in [0.3, 0.4) is 0 Å². The number of hydrogen-bond donors (Lipinski definition) is 0. The predicted molar refractivity (Wildman–Crippen MR) is 70.4 cm³/mol. The van der Waals surface area contributed by atoms with E-state index >= 15 is 0 Å². The van der Waals surface area contributed by atoms with Gasteiger partial charge in [-0.25, -0.2) is 8.42 Å². The Kier molecular flexibility index (Phi) is 3.96. The molecule has 19 heavy (non-hydrogen) atoms. The minimum Gasteiger partial charge on any atom is -0.383 e. The molecule has 7 heteroatoms. The summed E-state index contributed by atoms with van der Waals surface area (Å²) in [4.78, 5) is 0.291. The number of ether oxygens (including phenoxy) is 1. The molecule has 0 bridgehead atoms. The molecule has 0 spiro atoms. The Morgan fingerprint density at radius 3 is 2.53 bits per heavy atom. The Balaban J connectivity index is 2.30. The lowest BCUT2D eigenvalue weighted by molar-refractivity contribution is 0.187. The summed E-state index contributed by atoms with van der Waals surface area (Å²) < 4.78 is 29.7. The minimum absolute atomic E-state index is 0.291. The minimum atomic E-state index is -3.18. The monoisotopic (exact) mass is 281 g/mol. The highest BCUT2D eigenvalue weighted by Crippen LogP contribution is 2.19. The van der Waals surface area contributed by atoms with Crippen molar-refractivity contribution in [2.45, 2.75) is 11.4 Å². The summed E-state index contributed by atoms with van der Waals surface area (Å²) in [6.07, 6.45) is 2.81. The first kappa shape index (κ1) is 13.7. The summed E-state index contributed by atoms with van der Waals surface area (Å²) in [5, 5.41) is 7.90. The van der Waals surface area contributed by atoms with E-state index in [1.54, 1.807) is 37.7 Å². The Bertz CT molecular complexity index is 647. The van der Waals surface area contributed by atoms with Gasteiger partial charge in [0.25, 0.3) is 0 Å². The molecule has 0 aliphatic heterocycles. The van der Waals surface area contributed by atoms with Crippen LogP contribution in [0.5, 0.6) is 0 Å². The third kappa shape index (κ3) is 3.18. The van der Waals surface area contributed by atoms with Gasteiger partial charge >= 0.3 is 0 Å². The lowest BCUT2D eigenvalue weighted by Crippen LogP contribution is -2.05. The lowest BCUT2D eigenvalue weighted by Gasteiger charge is -2.06. The van der Waals surface area contributed by atoms with Gasteiger partial charge in [-0.3, -0.25) is 0 Å². The van der Waals surface area contributed by atoms with E-state index in [0.29, 0.717) is 23.9 Å². The normalized spacial score (nSPS) is 11.7. The van der Waals surface area contributed by atoms with Gasteiger partial charge in [-0.05, 0) is 24.3 Å². The van der Waals surface area contributed by atoms with Crippen LogP contribution in [0.25, 0.3) is 11.4 Å². The molecule has 2 rings (SSSR count). The molecule has 0 saturated carbocycles. The summed E-state index contributed by atoms with van der Waals surface area (Å²) in [5.41, 5.74) is 0.820. The second-order valence-electron chi connectivity index (χ2n) is 4.14. The van der Waals surface area contributed by atoms with Crippen LogP contribution >= 0.6 is 0 Å². The number of methoxy groups -OCH3 is 1. The fourth-order valence-electron chi connectivity index (χ4n) is 1.68. The molecular weight excluding hydrogens is 266 g/mol. The molecule has 0 N–H and O–H groups in total. The predicted octanol–water partition coefficient (Wildman–Crippen LogP) is 0.995. The summed E-state index contributed by atoms with van der Waals surface area (Å²) in [6.45, 7) is 1.21. The largest absolute Gasteiger partial charge is 0.383 e. The zero-order valence-corrected chi connectivity index (χ0v) is 11.6. The van der Waals surface area contributed by atoms with Gasteiger partial charge in [0.05, 0.1) is 11.5 Å². The lowest BCUT2D eigenvalue weighted by atomic mass is 10.2. The first-order valence-corrected chi connectivity index (χ1v) is 7.59. The molecule has 0 unspecified atom stereocenters. The molecule has 2 aromatic rings. The topological polar surface area (TPSA) is 74.1 Å². The van der Waals surface area contributed by atoms with Crippen molar-refractivity contribution in [1.82, 2.24) is 14.8 Å². The van der Waals surface area contributed by atoms with Gasteiger partial charge in [0, 0.05) is 25.5 Å². The summed E-state index contributed by atoms with van der Waals surface area (Å²) >= 11 is 0. The van der Waals surface area contributed by atoms with Crippen LogP contribution in [-0.2, 0) is 21.1 Å². The van der Waals surface area contributed by atoms with Crippen LogP contribution in [0.15, 0.2) is 35.5 Å². The van der Waals surface area contributed by atoms with Gasteiger partial charge in [-0.15, -0.1) is 10.2 Å². The standard InChI is InChI=1S/C12H15N3O3S/c1-18-8-7-15-9-13-14-12(15)10-3-5-11(6-4-10)19(2,16)17/h3-6,9H,7-8H2,1-2H3. The average molecular weight is 281 g/mol. The van der Waals surface area contributed by atoms with E-state index in [2.05, 4.69) is 10.2 Å². The van der Waals surface area contributed by atoms with Crippen molar-refractivity contribution in [1.29, 1.82) is 0 Å². The van der Waals surface area contributed by atoms with Crippen molar-refractivity contribution in [3.8, 4) is 11.4 Å². The van der Waals surface area contributed by atoms with Crippen LogP contribution in [-0.4, -0.2) is 43.2 Å². The molecule has 102 valence electrons. The van der Waals surface area contributed by atoms with Crippen molar-refractivity contribution in [2.24, 2.45) is 0 Å². The molecule has 0 saturated heterocycles. The van der Waals surface area contributed by atoms with Crippen molar-refractivity contribution in [2.75, 3.05) is 20.0 Å². The average Bonchev–Trinajstić information content (AvgIpc) is 2.83. The molecule has 0 radical (unpaired) electrons. The van der Waals surface area contributed by atoms with E-state index in [1.807, 2.05) is 4.57 Å². The van der Waals surface area contributed by atoms with Crippen LogP contribution < -0.4 is 0 Å². The third-order valence-corrected chi connectivity index (χ3v) is 3.82. The maximum atomic E-state index is 11.4. The Morgan fingerprint density at radius 1 is 1.26 bits per heavy atom. The molecule has 0 amide bonds. The summed E-state index contributed by atoms with van der Waals surface area (Å²) in [5.74, 6) is 0.692. The van der Waals surface area contributed by atoms with Gasteiger partial charge in [0.1, 0.15) is 6.33 Å². The first-order chi connectivity index (χ1) is 9.02. The maximum absolute atomic E-state index is 11.4. The Labute approximate surface area is 112 Å². The molecule has 1 aromatic carbocycles. The van der Waals surface area contributed by atoms with Gasteiger partial charge in [0.2, 0.25) is 0 Å². The van der Waals surface area contributed by atoms with Crippen molar-refractivity contribution < 1.29 is 13.2 Å². The number of sulfone groups is 1. The highest BCUT2D eigenvalue weighted by atomic mass is 32.2. The molecule has 0 fully saturated rings. The van der Waals surface area contributed by atoms with E-state index < -0.39 is 9.84 Å². The van der Waals surface area contributed by atoms with Gasteiger partial charge in [-0.1, -0.05) is 0 Å². The van der Waals surface area contributed by atoms with Crippen LogP contribution in [0.2, 0.25) is 0 Å². The fourth-order valence-corrected chi connectivity index (χ4v) is 2.31. The smallest absolute Gasteiger partial charge is 0.175 e. The number of hydrogen-bond acceptors (Lipinski definition) is 5. The third-order valence-electron chi connectivity index (χ3n) is 2.69. The molecule has 1 heterocycles. The zero-order valence-electron chi connectivity index (χ0n) is 10.8. The Morgan fingerprint density at radius 2 is 1.95 bits per heavy atom. The highest BCUT2D eigenvalue weighted by molar-refractivity contribution is 7.90. The van der Waals surface area contributed by atoms with E-state index in [9.17, 15) is 8.42 Å². The van der Waals surface area contributed by atoms with E-state index in [4.69, 9.17) is 4.74 Å². The molecular formula is C12H15N3O3S. The Hall–Kier alpha value is -1.73. The van der Waals surface area contributed by atoms with Gasteiger partial charge in [-0.2, -0.15) is 0 Å². The number of benzene rings is 1. The van der Waals surface area contributed by atoms with Crippen LogP contribution in [0.1, 0.15) is 0 Å². The SMILES string of the molecule is COCCn1cnnc1-c1ccc(S(C)(=O)=O)cc1. The van der Waals surface area contributed by atoms with Crippen LogP contribution in [0.4, 0.5) is 0 Å². The van der Waals surface area contributed by atoms with Crippen molar-refractivity contribution in [3.05, 3.63) is 30.6 Å². The van der Waals surface area contributed by atoms with E-state index in [0.717, 1.165) is 5.56 Å². The molecule has 6 nitrogen and oxygen atoms in total. The molecule has 0 atom stereocenters. The summed E-state index contributed by atoms with van der Waals surface area (Å²) in [7, 11) is -1.55. The van der Waals surface area contributed by atoms with Crippen LogP contribution in [0, 0.1) is 0 Å². The highest BCUT2D eigenvalue weighted by Gasteiger charge is 2.10. The van der Waals surface area contributed by atoms with E-state index in [-0.39, 0.29) is 0 Å². The number of nitrogens with zero attached hydrogens (tertiary/aromatic N) is 3. The molecule has 0 aliphatic rings. The quantitative estimate of drug-likeness (QED) is 0.817. The van der Waals surface area contributed by atoms with Crippen molar-refractivity contribution in [3.63, 3.8) is 0 Å². The van der Waals surface area contributed by atoms with Gasteiger partial charge in [0.15, 0.2) is 15.7 Å². The second-order valence-corrected chi connectivity index (χ2v) is 6.15. The maximum Gasteiger partial charge on any atom is 0.175 e. The number of aromatic nitrogens is 3. The fraction of sp³-hybridized carbons (Fsp3) is 0.333. The van der Waals surface area contributed by atoms with Gasteiger partial charge < -0.3 is 9.30 Å². The molecule has 1 aromatic heterocycles. The molecule has 0 aliphatic carbocycles. The number of rotatable bonds is 5. The van der Waals surface area contributed by atoms with E-state index in [1.165, 1.54) is 6.26 Å². The zero-order chi connectivity index (χ0) is 13.9. The first-order valence-electron chi connectivity index (χ1n) is 5.69.